The number of carbonyl (C=O) groups is 2. The van der Waals surface area contributed by atoms with Crippen LogP contribution in [0.1, 0.15) is 36.7 Å². The maximum Gasteiger partial charge on any atom is 0.262 e. The van der Waals surface area contributed by atoms with E-state index < -0.39 is 11.9 Å². The minimum atomic E-state index is -0.768. The third-order valence-electron chi connectivity index (χ3n) is 4.26. The van der Waals surface area contributed by atoms with Gasteiger partial charge in [-0.2, -0.15) is 5.10 Å². The average Bonchev–Trinajstić information content (AvgIpc) is 2.74. The molecule has 30 heavy (non-hydrogen) atoms. The molecule has 1 atom stereocenters. The molecule has 0 aliphatic rings. The average molecular weight is 413 g/mol. The number of hydrogen-bond acceptors (Lipinski definition) is 6. The number of rotatable bonds is 9. The highest BCUT2D eigenvalue weighted by Crippen LogP contribution is 2.26. The minimum Gasteiger partial charge on any atom is -0.504 e. The summed E-state index contributed by atoms with van der Waals surface area (Å²) in [6.07, 6.45) is 1.43. The first-order valence-corrected chi connectivity index (χ1v) is 9.59. The van der Waals surface area contributed by atoms with Gasteiger partial charge in [0, 0.05) is 5.56 Å². The molecule has 160 valence electrons. The minimum absolute atomic E-state index is 0.0270. The van der Waals surface area contributed by atoms with Crippen molar-refractivity contribution < 1.29 is 24.2 Å². The fourth-order valence-electron chi connectivity index (χ4n) is 2.62. The van der Waals surface area contributed by atoms with E-state index in [-0.39, 0.29) is 17.6 Å². The number of amides is 2. The fraction of sp³-hybridized carbons (Fsp3) is 0.318. The standard InChI is InChI=1S/C22H27N3O5/c1-5-30-19-12-15(6-11-18(19)26)13-23-25-22(28)20(14(2)3)24-21(27)16-7-9-17(29-4)10-8-16/h6-14,20,26H,5H2,1-4H3,(H,24,27)(H,25,28)/b23-13+. The number of ether oxygens (including phenoxy) is 2. The summed E-state index contributed by atoms with van der Waals surface area (Å²) in [6, 6.07) is 10.6. The maximum absolute atomic E-state index is 12.5. The first kappa shape index (κ1) is 22.7. The van der Waals surface area contributed by atoms with Crippen molar-refractivity contribution in [3.8, 4) is 17.2 Å². The lowest BCUT2D eigenvalue weighted by Gasteiger charge is -2.20. The topological polar surface area (TPSA) is 109 Å². The van der Waals surface area contributed by atoms with Gasteiger partial charge in [0.2, 0.25) is 0 Å². The summed E-state index contributed by atoms with van der Waals surface area (Å²) >= 11 is 0. The normalized spacial score (nSPS) is 11.9. The number of hydrazone groups is 1. The lowest BCUT2D eigenvalue weighted by Crippen LogP contribution is -2.48. The molecule has 0 heterocycles. The van der Waals surface area contributed by atoms with Crippen molar-refractivity contribution in [1.29, 1.82) is 0 Å². The van der Waals surface area contributed by atoms with E-state index >= 15 is 0 Å². The Labute approximate surface area is 175 Å². The van der Waals surface area contributed by atoms with Crippen LogP contribution >= 0.6 is 0 Å². The fourth-order valence-corrected chi connectivity index (χ4v) is 2.62. The molecule has 2 aromatic rings. The van der Waals surface area contributed by atoms with Crippen LogP contribution in [0.3, 0.4) is 0 Å². The molecule has 8 heteroatoms. The van der Waals surface area contributed by atoms with E-state index in [1.54, 1.807) is 43.5 Å². The number of phenols is 1. The second-order valence-electron chi connectivity index (χ2n) is 6.82. The van der Waals surface area contributed by atoms with Crippen LogP contribution in [0.4, 0.5) is 0 Å². The smallest absolute Gasteiger partial charge is 0.262 e. The number of aromatic hydroxyl groups is 1. The number of methoxy groups -OCH3 is 1. The van der Waals surface area contributed by atoms with Gasteiger partial charge >= 0.3 is 0 Å². The maximum atomic E-state index is 12.5. The molecule has 2 aromatic carbocycles. The molecule has 2 amide bonds. The van der Waals surface area contributed by atoms with Crippen LogP contribution in [0, 0.1) is 5.92 Å². The summed E-state index contributed by atoms with van der Waals surface area (Å²) in [5, 5.41) is 16.4. The Balaban J connectivity index is 2.02. The summed E-state index contributed by atoms with van der Waals surface area (Å²) in [4.78, 5) is 25.0. The van der Waals surface area contributed by atoms with Crippen molar-refractivity contribution in [2.24, 2.45) is 11.0 Å². The lowest BCUT2D eigenvalue weighted by atomic mass is 10.0. The van der Waals surface area contributed by atoms with Crippen LogP contribution in [-0.2, 0) is 4.79 Å². The van der Waals surface area contributed by atoms with Gasteiger partial charge in [-0.1, -0.05) is 13.8 Å². The highest BCUT2D eigenvalue weighted by molar-refractivity contribution is 5.97. The zero-order valence-electron chi connectivity index (χ0n) is 17.5. The first-order chi connectivity index (χ1) is 14.3. The Hall–Kier alpha value is -3.55. The molecule has 8 nitrogen and oxygen atoms in total. The molecular formula is C22H27N3O5. The molecular weight excluding hydrogens is 386 g/mol. The van der Waals surface area contributed by atoms with Gasteiger partial charge < -0.3 is 19.9 Å². The zero-order chi connectivity index (χ0) is 22.1. The summed E-state index contributed by atoms with van der Waals surface area (Å²) < 4.78 is 10.4. The SMILES string of the molecule is CCOc1cc(/C=N/NC(=O)C(NC(=O)c2ccc(OC)cc2)C(C)C)ccc1O. The van der Waals surface area contributed by atoms with E-state index in [4.69, 9.17) is 9.47 Å². The van der Waals surface area contributed by atoms with Gasteiger partial charge in [0.15, 0.2) is 11.5 Å². The van der Waals surface area contributed by atoms with Crippen LogP contribution in [0.25, 0.3) is 0 Å². The molecule has 0 aromatic heterocycles. The molecule has 1 unspecified atom stereocenters. The van der Waals surface area contributed by atoms with Crippen LogP contribution in [0.15, 0.2) is 47.6 Å². The van der Waals surface area contributed by atoms with E-state index in [1.807, 2.05) is 20.8 Å². The predicted octanol–water partition coefficient (Wildman–Crippen LogP) is 2.70. The van der Waals surface area contributed by atoms with E-state index in [2.05, 4.69) is 15.8 Å². The molecule has 0 saturated carbocycles. The molecule has 0 saturated heterocycles. The molecule has 3 N–H and O–H groups in total. The van der Waals surface area contributed by atoms with Crippen molar-refractivity contribution in [1.82, 2.24) is 10.7 Å². The number of nitrogens with zero attached hydrogens (tertiary/aromatic N) is 1. The van der Waals surface area contributed by atoms with Crippen LogP contribution in [0.5, 0.6) is 17.2 Å². The lowest BCUT2D eigenvalue weighted by molar-refractivity contribution is -0.123. The Morgan fingerprint density at radius 3 is 2.47 bits per heavy atom. The van der Waals surface area contributed by atoms with Gasteiger partial charge in [-0.25, -0.2) is 5.43 Å². The third kappa shape index (κ3) is 6.23. The Bertz CT molecular complexity index is 894. The van der Waals surface area contributed by atoms with Crippen LogP contribution in [-0.4, -0.2) is 42.9 Å². The Morgan fingerprint density at radius 2 is 1.87 bits per heavy atom. The number of hydrogen-bond donors (Lipinski definition) is 3. The van der Waals surface area contributed by atoms with E-state index in [9.17, 15) is 14.7 Å². The molecule has 0 bridgehead atoms. The molecule has 2 rings (SSSR count). The molecule has 0 radical (unpaired) electrons. The van der Waals surface area contributed by atoms with Gasteiger partial charge in [-0.15, -0.1) is 0 Å². The van der Waals surface area contributed by atoms with Crippen molar-refractivity contribution in [2.75, 3.05) is 13.7 Å². The predicted molar refractivity (Wildman–Crippen MR) is 114 cm³/mol. The Morgan fingerprint density at radius 1 is 1.17 bits per heavy atom. The van der Waals surface area contributed by atoms with Gasteiger partial charge in [0.25, 0.3) is 11.8 Å². The van der Waals surface area contributed by atoms with Crippen molar-refractivity contribution in [2.45, 2.75) is 26.8 Å². The summed E-state index contributed by atoms with van der Waals surface area (Å²) in [6.45, 7) is 5.88. The van der Waals surface area contributed by atoms with Crippen molar-refractivity contribution in [3.05, 3.63) is 53.6 Å². The number of carbonyl (C=O) groups excluding carboxylic acids is 2. The summed E-state index contributed by atoms with van der Waals surface area (Å²) in [7, 11) is 1.55. The van der Waals surface area contributed by atoms with Crippen LogP contribution < -0.4 is 20.2 Å². The Kier molecular flexibility index (Phi) is 8.22. The highest BCUT2D eigenvalue weighted by Gasteiger charge is 2.24. The molecule has 0 spiro atoms. The largest absolute Gasteiger partial charge is 0.504 e. The first-order valence-electron chi connectivity index (χ1n) is 9.59. The highest BCUT2D eigenvalue weighted by atomic mass is 16.5. The monoisotopic (exact) mass is 413 g/mol. The zero-order valence-corrected chi connectivity index (χ0v) is 17.5. The molecule has 0 aliphatic carbocycles. The third-order valence-corrected chi connectivity index (χ3v) is 4.26. The van der Waals surface area contributed by atoms with Crippen LogP contribution in [0.2, 0.25) is 0 Å². The number of phenolic OH excluding ortho intramolecular Hbond substituents is 1. The molecule has 0 fully saturated rings. The van der Waals surface area contributed by atoms with E-state index in [0.717, 1.165) is 0 Å². The van der Waals surface area contributed by atoms with Gasteiger partial charge in [0.05, 0.1) is 19.9 Å². The number of nitrogens with one attached hydrogen (secondary N) is 2. The summed E-state index contributed by atoms with van der Waals surface area (Å²) in [5.41, 5.74) is 3.51. The quantitative estimate of drug-likeness (QED) is 0.433. The van der Waals surface area contributed by atoms with Gasteiger partial charge in [0.1, 0.15) is 11.8 Å². The van der Waals surface area contributed by atoms with Gasteiger partial charge in [-0.3, -0.25) is 9.59 Å². The summed E-state index contributed by atoms with van der Waals surface area (Å²) in [5.74, 6) is 0.0439. The van der Waals surface area contributed by atoms with Crippen molar-refractivity contribution in [3.63, 3.8) is 0 Å². The van der Waals surface area contributed by atoms with Crippen molar-refractivity contribution >= 4 is 18.0 Å². The molecule has 0 aliphatic heterocycles. The number of benzene rings is 2. The second kappa shape index (κ2) is 10.8. The van der Waals surface area contributed by atoms with Gasteiger partial charge in [-0.05, 0) is 60.9 Å². The second-order valence-corrected chi connectivity index (χ2v) is 6.82. The van der Waals surface area contributed by atoms with E-state index in [0.29, 0.717) is 29.2 Å². The van der Waals surface area contributed by atoms with E-state index in [1.165, 1.54) is 12.3 Å².